The largest absolute Gasteiger partial charge is 0.535 e. The maximum absolute atomic E-state index is 10.9. The minimum atomic E-state index is -0.798. The van der Waals surface area contributed by atoms with Crippen LogP contribution in [0, 0.1) is 5.41 Å². The highest BCUT2D eigenvalue weighted by atomic mass is 16.8. The Bertz CT molecular complexity index is 219. The van der Waals surface area contributed by atoms with Crippen LogP contribution in [0.25, 0.3) is 0 Å². The van der Waals surface area contributed by atoms with Gasteiger partial charge in [0.15, 0.2) is 0 Å². The van der Waals surface area contributed by atoms with Crippen molar-refractivity contribution < 1.29 is 14.4 Å². The normalized spacial score (nSPS) is 12.5. The van der Waals surface area contributed by atoms with Crippen molar-refractivity contribution >= 4 is 11.9 Å². The van der Waals surface area contributed by atoms with Crippen LogP contribution in [0.15, 0.2) is 5.16 Å². The minimum Gasteiger partial charge on any atom is -0.432 e. The van der Waals surface area contributed by atoms with Gasteiger partial charge in [-0.2, -0.15) is 0 Å². The monoisotopic (exact) mass is 202 g/mol. The number of nitrogens with two attached hydrogens (primary N) is 1. The predicted octanol–water partition coefficient (Wildman–Crippen LogP) is 1.52. The smallest absolute Gasteiger partial charge is 0.432 e. The molecule has 0 aliphatic heterocycles. The summed E-state index contributed by atoms with van der Waals surface area (Å²) in [4.78, 5) is 15.4. The van der Waals surface area contributed by atoms with Gasteiger partial charge >= 0.3 is 6.16 Å². The lowest BCUT2D eigenvalue weighted by Crippen LogP contribution is -2.18. The number of rotatable bonds is 3. The lowest BCUT2D eigenvalue weighted by Gasteiger charge is -2.16. The third-order valence-electron chi connectivity index (χ3n) is 1.19. The van der Waals surface area contributed by atoms with Crippen LogP contribution in [0.3, 0.4) is 0 Å². The molecular formula is C9H18N2O3. The van der Waals surface area contributed by atoms with Gasteiger partial charge in [-0.05, 0) is 12.3 Å². The van der Waals surface area contributed by atoms with Gasteiger partial charge in [0.25, 0.3) is 0 Å². The number of hydrogen-bond donors (Lipinski definition) is 1. The van der Waals surface area contributed by atoms with Gasteiger partial charge in [-0.1, -0.05) is 25.9 Å². The van der Waals surface area contributed by atoms with Crippen LogP contribution in [0.1, 0.15) is 27.7 Å². The lowest BCUT2D eigenvalue weighted by atomic mass is 9.99. The second kappa shape index (κ2) is 5.59. The van der Waals surface area contributed by atoms with E-state index in [1.165, 1.54) is 0 Å². The van der Waals surface area contributed by atoms with E-state index in [0.29, 0.717) is 12.3 Å². The van der Waals surface area contributed by atoms with Gasteiger partial charge in [-0.3, -0.25) is 4.84 Å². The minimum absolute atomic E-state index is 0.0777. The number of carbonyl (C=O) groups is 1. The van der Waals surface area contributed by atoms with Crippen LogP contribution in [-0.4, -0.2) is 25.0 Å². The zero-order valence-corrected chi connectivity index (χ0v) is 9.16. The Morgan fingerprint density at radius 3 is 2.43 bits per heavy atom. The van der Waals surface area contributed by atoms with E-state index in [1.54, 1.807) is 6.92 Å². The fraction of sp³-hybridized carbons (Fsp3) is 0.778. The van der Waals surface area contributed by atoms with Crippen LogP contribution in [0.2, 0.25) is 0 Å². The molecule has 14 heavy (non-hydrogen) atoms. The first kappa shape index (κ1) is 12.9. The van der Waals surface area contributed by atoms with Crippen molar-refractivity contribution in [2.45, 2.75) is 27.7 Å². The molecule has 0 bridgehead atoms. The summed E-state index contributed by atoms with van der Waals surface area (Å²) >= 11 is 0. The second-order valence-electron chi connectivity index (χ2n) is 4.22. The lowest BCUT2D eigenvalue weighted by molar-refractivity contribution is 0.0347. The molecule has 0 aromatic heterocycles. The molecule has 5 heteroatoms. The number of oxime groups is 1. The summed E-state index contributed by atoms with van der Waals surface area (Å²) in [5, 5.41) is 3.46. The Balaban J connectivity index is 3.78. The third kappa shape index (κ3) is 7.54. The van der Waals surface area contributed by atoms with Gasteiger partial charge in [-0.25, -0.2) is 4.79 Å². The average Bonchev–Trinajstić information content (AvgIpc) is 2.09. The maximum atomic E-state index is 10.9. The zero-order valence-electron chi connectivity index (χ0n) is 9.16. The van der Waals surface area contributed by atoms with Crippen molar-refractivity contribution in [3.05, 3.63) is 0 Å². The molecule has 0 radical (unpaired) electrons. The number of ether oxygens (including phenoxy) is 1. The fourth-order valence-corrected chi connectivity index (χ4v) is 0.454. The molecular weight excluding hydrogens is 184 g/mol. The van der Waals surface area contributed by atoms with E-state index >= 15 is 0 Å². The molecule has 0 atom stereocenters. The molecule has 0 saturated heterocycles. The molecule has 0 saturated carbocycles. The molecule has 0 aliphatic carbocycles. The molecule has 0 amide bonds. The highest BCUT2D eigenvalue weighted by molar-refractivity contribution is 5.83. The van der Waals surface area contributed by atoms with Gasteiger partial charge < -0.3 is 10.5 Å². The Kier molecular flexibility index (Phi) is 5.15. The summed E-state index contributed by atoms with van der Waals surface area (Å²) in [5.41, 5.74) is 5.70. The van der Waals surface area contributed by atoms with Crippen molar-refractivity contribution in [3.63, 3.8) is 0 Å². The Morgan fingerprint density at radius 1 is 1.43 bits per heavy atom. The van der Waals surface area contributed by atoms with E-state index in [4.69, 9.17) is 10.5 Å². The molecule has 0 aliphatic rings. The summed E-state index contributed by atoms with van der Waals surface area (Å²) < 4.78 is 4.79. The number of carbonyl (C=O) groups excluding carboxylic acids is 1. The Labute approximate surface area is 84.2 Å². The molecule has 0 fully saturated rings. The van der Waals surface area contributed by atoms with E-state index in [0.717, 1.165) is 0 Å². The molecule has 0 spiro atoms. The first-order valence-corrected chi connectivity index (χ1v) is 4.42. The van der Waals surface area contributed by atoms with E-state index in [-0.39, 0.29) is 12.0 Å². The van der Waals surface area contributed by atoms with Gasteiger partial charge in [0.05, 0.1) is 12.3 Å². The summed E-state index contributed by atoms with van der Waals surface area (Å²) in [6.07, 6.45) is -0.798. The molecule has 0 aromatic rings. The van der Waals surface area contributed by atoms with Crippen molar-refractivity contribution in [1.82, 2.24) is 0 Å². The van der Waals surface area contributed by atoms with E-state index in [2.05, 4.69) is 9.99 Å². The predicted molar refractivity (Wildman–Crippen MR) is 54.1 cm³/mol. The first-order valence-electron chi connectivity index (χ1n) is 4.42. The van der Waals surface area contributed by atoms with Gasteiger partial charge in [0.2, 0.25) is 0 Å². The highest BCUT2D eigenvalue weighted by Crippen LogP contribution is 2.13. The summed E-state index contributed by atoms with van der Waals surface area (Å²) in [6, 6.07) is 0. The van der Waals surface area contributed by atoms with E-state index < -0.39 is 6.16 Å². The Morgan fingerprint density at radius 2 is 2.00 bits per heavy atom. The molecule has 0 aromatic carbocycles. The van der Waals surface area contributed by atoms with Gasteiger partial charge in [-0.15, -0.1) is 0 Å². The number of hydrogen-bond acceptors (Lipinski definition) is 5. The summed E-state index contributed by atoms with van der Waals surface area (Å²) in [6.45, 7) is 8.07. The van der Waals surface area contributed by atoms with Crippen molar-refractivity contribution in [1.29, 1.82) is 0 Å². The first-order chi connectivity index (χ1) is 6.35. The molecule has 0 rings (SSSR count). The second-order valence-corrected chi connectivity index (χ2v) is 4.22. The molecule has 2 N–H and O–H groups in total. The van der Waals surface area contributed by atoms with Crippen LogP contribution in [-0.2, 0) is 9.57 Å². The topological polar surface area (TPSA) is 73.9 Å². The molecule has 5 nitrogen and oxygen atoms in total. The van der Waals surface area contributed by atoms with Crippen LogP contribution in [0.4, 0.5) is 4.79 Å². The SMILES string of the molecule is C/C(CN)=N\OC(=O)OCC(C)(C)C. The van der Waals surface area contributed by atoms with Crippen LogP contribution in [0.5, 0.6) is 0 Å². The summed E-state index contributed by atoms with van der Waals surface area (Å²) in [5.74, 6) is 0. The van der Waals surface area contributed by atoms with Gasteiger partial charge in [0, 0.05) is 6.54 Å². The van der Waals surface area contributed by atoms with Crippen molar-refractivity contribution in [3.8, 4) is 0 Å². The van der Waals surface area contributed by atoms with Crippen LogP contribution >= 0.6 is 0 Å². The average molecular weight is 202 g/mol. The Hall–Kier alpha value is -1.10. The molecule has 0 heterocycles. The highest BCUT2D eigenvalue weighted by Gasteiger charge is 2.14. The van der Waals surface area contributed by atoms with Crippen molar-refractivity contribution in [2.24, 2.45) is 16.3 Å². The van der Waals surface area contributed by atoms with Crippen LogP contribution < -0.4 is 5.73 Å². The standard InChI is InChI=1S/C9H18N2O3/c1-7(5-10)11-14-8(12)13-6-9(2,3)4/h5-6,10H2,1-4H3/b11-7+. The molecule has 82 valence electrons. The third-order valence-corrected chi connectivity index (χ3v) is 1.19. The zero-order chi connectivity index (χ0) is 11.2. The van der Waals surface area contributed by atoms with Gasteiger partial charge in [0.1, 0.15) is 0 Å². The summed E-state index contributed by atoms with van der Waals surface area (Å²) in [7, 11) is 0. The number of nitrogens with zero attached hydrogens (tertiary/aromatic N) is 1. The van der Waals surface area contributed by atoms with E-state index in [1.807, 2.05) is 20.8 Å². The van der Waals surface area contributed by atoms with E-state index in [9.17, 15) is 4.79 Å². The quantitative estimate of drug-likeness (QED) is 0.326. The van der Waals surface area contributed by atoms with Crippen molar-refractivity contribution in [2.75, 3.05) is 13.2 Å². The maximum Gasteiger partial charge on any atom is 0.535 e. The molecule has 0 unspecified atom stereocenters. The fourth-order valence-electron chi connectivity index (χ4n) is 0.454.